The van der Waals surface area contributed by atoms with E-state index in [1.807, 2.05) is 24.3 Å². The number of carboxylic acid groups (broad SMARTS) is 1. The Balaban J connectivity index is 0.000000687. The van der Waals surface area contributed by atoms with Crippen molar-refractivity contribution >= 4 is 28.3 Å². The highest BCUT2D eigenvalue weighted by Gasteiger charge is 2.44. The molecule has 0 spiro atoms. The van der Waals surface area contributed by atoms with Crippen LogP contribution in [-0.2, 0) is 22.4 Å². The van der Waals surface area contributed by atoms with Crippen LogP contribution in [0.1, 0.15) is 23.9 Å². The van der Waals surface area contributed by atoms with Crippen LogP contribution in [0.5, 0.6) is 5.75 Å². The predicted molar refractivity (Wildman–Crippen MR) is 111 cm³/mol. The minimum Gasteiger partial charge on any atom is -0.497 e. The van der Waals surface area contributed by atoms with Crippen LogP contribution in [0.3, 0.4) is 0 Å². The largest absolute Gasteiger partial charge is 0.497 e. The van der Waals surface area contributed by atoms with Gasteiger partial charge in [-0.1, -0.05) is 23.5 Å². The van der Waals surface area contributed by atoms with Crippen LogP contribution in [0, 0.1) is 5.41 Å². The van der Waals surface area contributed by atoms with Gasteiger partial charge in [-0.3, -0.25) is 9.59 Å². The summed E-state index contributed by atoms with van der Waals surface area (Å²) in [6.45, 7) is 3.10. The second-order valence-electron chi connectivity index (χ2n) is 6.82. The number of hydrogen-bond acceptors (Lipinski definition) is 8. The molecule has 1 aromatic carbocycles. The molecule has 1 aliphatic heterocycles. The molecule has 0 radical (unpaired) electrons. The molecule has 10 heteroatoms. The van der Waals surface area contributed by atoms with Gasteiger partial charge in [-0.25, -0.2) is 0 Å². The highest BCUT2D eigenvalue weighted by atomic mass is 32.1. The van der Waals surface area contributed by atoms with E-state index in [4.69, 9.17) is 20.4 Å². The number of nitrogens with one attached hydrogen (secondary N) is 2. The number of aliphatic carboxylic acids is 1. The van der Waals surface area contributed by atoms with E-state index in [0.29, 0.717) is 31.2 Å². The van der Waals surface area contributed by atoms with E-state index in [9.17, 15) is 4.79 Å². The molecule has 1 aromatic heterocycles. The number of carbonyl (C=O) groups is 2. The Bertz CT molecular complexity index is 818. The van der Waals surface area contributed by atoms with Crippen molar-refractivity contribution in [3.8, 4) is 5.75 Å². The lowest BCUT2D eigenvalue weighted by Crippen LogP contribution is -2.62. The van der Waals surface area contributed by atoms with Crippen LogP contribution in [0.4, 0.5) is 5.13 Å². The second kappa shape index (κ2) is 10.7. The number of nitrogen functional groups attached to an aromatic ring is 1. The van der Waals surface area contributed by atoms with Crippen molar-refractivity contribution < 1.29 is 19.4 Å². The van der Waals surface area contributed by atoms with Gasteiger partial charge in [0.1, 0.15) is 10.8 Å². The molecule has 1 saturated heterocycles. The number of nitrogens with zero attached hydrogens (tertiary/aromatic N) is 2. The van der Waals surface area contributed by atoms with Crippen molar-refractivity contribution in [2.45, 2.75) is 26.2 Å². The minimum absolute atomic E-state index is 0.103. The van der Waals surface area contributed by atoms with E-state index in [1.165, 1.54) is 11.3 Å². The van der Waals surface area contributed by atoms with Crippen molar-refractivity contribution in [1.29, 1.82) is 0 Å². The molecular weight excluding hydrogens is 394 g/mol. The highest BCUT2D eigenvalue weighted by Crippen LogP contribution is 2.29. The Kier molecular flexibility index (Phi) is 8.34. The maximum absolute atomic E-state index is 12.7. The smallest absolute Gasteiger partial charge is 0.300 e. The van der Waals surface area contributed by atoms with Crippen molar-refractivity contribution in [1.82, 2.24) is 20.8 Å². The fraction of sp³-hybridized carbons (Fsp3) is 0.474. The lowest BCUT2D eigenvalue weighted by atomic mass is 9.75. The van der Waals surface area contributed by atoms with Crippen LogP contribution in [0.2, 0.25) is 0 Å². The predicted octanol–water partition coefficient (Wildman–Crippen LogP) is 1.10. The Labute approximate surface area is 173 Å². The van der Waals surface area contributed by atoms with Gasteiger partial charge in [0.2, 0.25) is 11.0 Å². The zero-order valence-corrected chi connectivity index (χ0v) is 17.4. The first-order valence-electron chi connectivity index (χ1n) is 9.24. The average molecular weight is 422 g/mol. The van der Waals surface area contributed by atoms with Crippen LogP contribution < -0.4 is 21.1 Å². The van der Waals surface area contributed by atoms with Gasteiger partial charge in [-0.15, -0.1) is 10.2 Å². The number of rotatable bonds is 8. The summed E-state index contributed by atoms with van der Waals surface area (Å²) in [6.07, 6.45) is 2.30. The van der Waals surface area contributed by atoms with Crippen molar-refractivity contribution in [2.24, 2.45) is 5.41 Å². The molecule has 2 heterocycles. The number of carbonyl (C=O) groups excluding carboxylic acids is 1. The molecule has 1 fully saturated rings. The molecule has 158 valence electrons. The van der Waals surface area contributed by atoms with Gasteiger partial charge >= 0.3 is 0 Å². The van der Waals surface area contributed by atoms with E-state index < -0.39 is 5.97 Å². The Hall–Kier alpha value is -2.72. The third kappa shape index (κ3) is 6.99. The van der Waals surface area contributed by atoms with Gasteiger partial charge in [0.15, 0.2) is 0 Å². The van der Waals surface area contributed by atoms with E-state index >= 15 is 0 Å². The Morgan fingerprint density at radius 1 is 1.38 bits per heavy atom. The summed E-state index contributed by atoms with van der Waals surface area (Å²) in [4.78, 5) is 21.7. The summed E-state index contributed by atoms with van der Waals surface area (Å²) in [5.41, 5.74) is 6.30. The minimum atomic E-state index is -0.833. The van der Waals surface area contributed by atoms with Crippen molar-refractivity contribution in [2.75, 3.05) is 32.5 Å². The van der Waals surface area contributed by atoms with E-state index in [1.54, 1.807) is 7.11 Å². The number of nitrogens with two attached hydrogens (primary N) is 1. The second-order valence-corrected chi connectivity index (χ2v) is 7.92. The van der Waals surface area contributed by atoms with Gasteiger partial charge in [0.05, 0.1) is 12.5 Å². The van der Waals surface area contributed by atoms with Crippen molar-refractivity contribution in [3.05, 3.63) is 34.8 Å². The number of benzene rings is 1. The molecule has 0 unspecified atom stereocenters. The summed E-state index contributed by atoms with van der Waals surface area (Å²) in [5, 5.41) is 22.9. The zero-order chi connectivity index (χ0) is 21.3. The third-order valence-electron chi connectivity index (χ3n) is 4.42. The lowest BCUT2D eigenvalue weighted by molar-refractivity contribution is -0.135. The summed E-state index contributed by atoms with van der Waals surface area (Å²) < 4.78 is 5.27. The lowest BCUT2D eigenvalue weighted by Gasteiger charge is -2.41. The van der Waals surface area contributed by atoms with E-state index in [-0.39, 0.29) is 11.3 Å². The van der Waals surface area contributed by atoms with Crippen LogP contribution >= 0.6 is 11.3 Å². The van der Waals surface area contributed by atoms with Gasteiger partial charge in [-0.2, -0.15) is 0 Å². The Morgan fingerprint density at radius 2 is 2.10 bits per heavy atom. The number of hydrogen-bond donors (Lipinski definition) is 4. The fourth-order valence-corrected chi connectivity index (χ4v) is 3.61. The Morgan fingerprint density at radius 3 is 2.66 bits per heavy atom. The molecule has 29 heavy (non-hydrogen) atoms. The van der Waals surface area contributed by atoms with E-state index in [0.717, 1.165) is 36.1 Å². The SMILES string of the molecule is CC(=O)O.COc1cccc(CC2(C(=O)NCCCc3nnc(N)s3)CNC2)c1. The standard InChI is InChI=1S/C17H23N5O2S.C2H4O2/c1-24-13-5-2-4-12(8-13)9-17(10-19-11-17)15(23)20-7-3-6-14-21-22-16(18)25-14;1-2(3)4/h2,4-5,8,19H,3,6-7,9-11H2,1H3,(H2,18,22)(H,20,23);1H3,(H,3,4). The van der Waals surface area contributed by atoms with Crippen molar-refractivity contribution in [3.63, 3.8) is 0 Å². The fourth-order valence-electron chi connectivity index (χ4n) is 2.96. The molecule has 9 nitrogen and oxygen atoms in total. The topological polar surface area (TPSA) is 139 Å². The molecule has 2 aromatic rings. The number of anilines is 1. The van der Waals surface area contributed by atoms with Gasteiger partial charge in [-0.05, 0) is 30.5 Å². The third-order valence-corrected chi connectivity index (χ3v) is 5.23. The summed E-state index contributed by atoms with van der Waals surface area (Å²) in [6, 6.07) is 7.90. The van der Waals surface area contributed by atoms with Crippen LogP contribution in [0.25, 0.3) is 0 Å². The number of amides is 1. The summed E-state index contributed by atoms with van der Waals surface area (Å²) in [5.74, 6) is 0.0857. The first kappa shape index (κ1) is 22.6. The monoisotopic (exact) mass is 421 g/mol. The number of aryl methyl sites for hydroxylation is 1. The number of aromatic nitrogens is 2. The molecule has 5 N–H and O–H groups in total. The van der Waals surface area contributed by atoms with Gasteiger partial charge < -0.3 is 26.2 Å². The normalized spacial score (nSPS) is 14.1. The first-order valence-corrected chi connectivity index (χ1v) is 10.1. The molecule has 3 rings (SSSR count). The number of carboxylic acids is 1. The molecule has 0 bridgehead atoms. The highest BCUT2D eigenvalue weighted by molar-refractivity contribution is 7.15. The molecule has 0 saturated carbocycles. The van der Waals surface area contributed by atoms with Crippen LogP contribution in [0.15, 0.2) is 24.3 Å². The zero-order valence-electron chi connectivity index (χ0n) is 16.6. The first-order chi connectivity index (χ1) is 13.8. The maximum atomic E-state index is 12.7. The van der Waals surface area contributed by atoms with Crippen LogP contribution in [-0.4, -0.2) is 53.9 Å². The number of ether oxygens (including phenoxy) is 1. The quantitative estimate of drug-likeness (QED) is 0.465. The van der Waals surface area contributed by atoms with Gasteiger partial charge in [0.25, 0.3) is 5.97 Å². The molecule has 0 atom stereocenters. The number of methoxy groups -OCH3 is 1. The van der Waals surface area contributed by atoms with Gasteiger partial charge in [0, 0.05) is 33.0 Å². The summed E-state index contributed by atoms with van der Waals surface area (Å²) >= 11 is 1.39. The average Bonchev–Trinajstić information content (AvgIpc) is 3.06. The molecule has 1 amide bonds. The molecule has 0 aliphatic carbocycles. The summed E-state index contributed by atoms with van der Waals surface area (Å²) in [7, 11) is 1.65. The maximum Gasteiger partial charge on any atom is 0.300 e. The molecular formula is C19H27N5O4S. The van der Waals surface area contributed by atoms with E-state index in [2.05, 4.69) is 20.8 Å². The molecule has 1 aliphatic rings.